The highest BCUT2D eigenvalue weighted by Gasteiger charge is 2.52. The fourth-order valence-corrected chi connectivity index (χ4v) is 6.64. The van der Waals surface area contributed by atoms with Crippen molar-refractivity contribution < 1.29 is 9.50 Å². The van der Waals surface area contributed by atoms with Crippen molar-refractivity contribution in [1.82, 2.24) is 9.97 Å². The SMILES string of the molecule is NC[C@H]1[C@H]2C[C@H]3[C@H]1Nc1nc(ncc1F)Nc1cccc(c1)C(O)CS[C@@H]3C2. The Bertz CT molecular complexity index is 883. The van der Waals surface area contributed by atoms with Gasteiger partial charge < -0.3 is 21.5 Å². The second-order valence-corrected chi connectivity index (χ2v) is 9.27. The molecule has 0 radical (unpaired) electrons. The Hall–Kier alpha value is -1.90. The number of rotatable bonds is 1. The van der Waals surface area contributed by atoms with Crippen LogP contribution >= 0.6 is 11.8 Å². The highest BCUT2D eigenvalue weighted by atomic mass is 32.2. The van der Waals surface area contributed by atoms with Crippen LogP contribution in [0.2, 0.25) is 0 Å². The van der Waals surface area contributed by atoms with Gasteiger partial charge in [0, 0.05) is 22.7 Å². The van der Waals surface area contributed by atoms with Gasteiger partial charge in [-0.15, -0.1) is 0 Å². The van der Waals surface area contributed by atoms with E-state index in [0.29, 0.717) is 41.2 Å². The van der Waals surface area contributed by atoms with E-state index < -0.39 is 11.9 Å². The van der Waals surface area contributed by atoms with Crippen molar-refractivity contribution in [3.8, 4) is 0 Å². The number of aliphatic hydroxyl groups excluding tert-OH is 1. The minimum Gasteiger partial charge on any atom is -0.388 e. The molecule has 2 aromatic rings. The van der Waals surface area contributed by atoms with Crippen LogP contribution in [0, 0.1) is 23.6 Å². The Morgan fingerprint density at radius 1 is 1.32 bits per heavy atom. The van der Waals surface area contributed by atoms with E-state index in [1.165, 1.54) is 6.20 Å². The van der Waals surface area contributed by atoms with Crippen molar-refractivity contribution in [2.45, 2.75) is 30.2 Å². The molecule has 1 aromatic heterocycles. The van der Waals surface area contributed by atoms with Gasteiger partial charge in [-0.3, -0.25) is 0 Å². The predicted octanol–water partition coefficient (Wildman–Crippen LogP) is 2.90. The third kappa shape index (κ3) is 3.13. The van der Waals surface area contributed by atoms with Gasteiger partial charge in [0.1, 0.15) is 0 Å². The number of aliphatic hydroxyl groups is 1. The van der Waals surface area contributed by atoms with Crippen LogP contribution in [0.15, 0.2) is 30.5 Å². The minimum atomic E-state index is -0.532. The molecule has 0 spiro atoms. The Labute approximate surface area is 167 Å². The fourth-order valence-electron chi connectivity index (χ4n) is 5.10. The number of hydrogen-bond acceptors (Lipinski definition) is 7. The largest absolute Gasteiger partial charge is 0.388 e. The first-order valence-electron chi connectivity index (χ1n) is 9.78. The van der Waals surface area contributed by atoms with Crippen LogP contribution in [0.5, 0.6) is 0 Å². The zero-order valence-corrected chi connectivity index (χ0v) is 16.2. The molecule has 6 nitrogen and oxygen atoms in total. The summed E-state index contributed by atoms with van der Waals surface area (Å²) in [6, 6.07) is 7.68. The van der Waals surface area contributed by atoms with E-state index in [-0.39, 0.29) is 11.9 Å². The first-order chi connectivity index (χ1) is 13.6. The molecule has 6 atom stereocenters. The molecule has 8 heteroatoms. The zero-order valence-electron chi connectivity index (χ0n) is 15.4. The van der Waals surface area contributed by atoms with Crippen LogP contribution in [0.25, 0.3) is 0 Å². The fraction of sp³-hybridized carbons (Fsp3) is 0.500. The van der Waals surface area contributed by atoms with Gasteiger partial charge in [-0.1, -0.05) is 12.1 Å². The Kier molecular flexibility index (Phi) is 4.65. The molecule has 0 saturated heterocycles. The smallest absolute Gasteiger partial charge is 0.229 e. The maximum atomic E-state index is 14.5. The normalized spacial score (nSPS) is 33.7. The average Bonchev–Trinajstić information content (AvgIpc) is 3.26. The second kappa shape index (κ2) is 7.17. The predicted molar refractivity (Wildman–Crippen MR) is 109 cm³/mol. The summed E-state index contributed by atoms with van der Waals surface area (Å²) in [4.78, 5) is 8.45. The molecule has 1 aliphatic heterocycles. The van der Waals surface area contributed by atoms with Crippen molar-refractivity contribution in [1.29, 1.82) is 0 Å². The molecule has 1 unspecified atom stereocenters. The van der Waals surface area contributed by atoms with Gasteiger partial charge in [0.25, 0.3) is 0 Å². The first kappa shape index (κ1) is 18.1. The van der Waals surface area contributed by atoms with E-state index in [2.05, 4.69) is 20.6 Å². The number of thioether (sulfide) groups is 1. The van der Waals surface area contributed by atoms with Gasteiger partial charge in [-0.05, 0) is 54.8 Å². The van der Waals surface area contributed by atoms with Gasteiger partial charge in [-0.25, -0.2) is 9.37 Å². The number of anilines is 3. The number of benzene rings is 1. The quantitative estimate of drug-likeness (QED) is 0.583. The lowest BCUT2D eigenvalue weighted by atomic mass is 9.84. The summed E-state index contributed by atoms with van der Waals surface area (Å²) in [6.07, 6.45) is 2.87. The van der Waals surface area contributed by atoms with E-state index in [9.17, 15) is 9.50 Å². The van der Waals surface area contributed by atoms with Crippen molar-refractivity contribution >= 4 is 29.2 Å². The molecule has 5 rings (SSSR count). The first-order valence-corrected chi connectivity index (χ1v) is 10.8. The van der Waals surface area contributed by atoms with Gasteiger partial charge in [-0.2, -0.15) is 16.7 Å². The second-order valence-electron chi connectivity index (χ2n) is 7.99. The lowest BCUT2D eigenvalue weighted by Crippen LogP contribution is -2.43. The van der Waals surface area contributed by atoms with Crippen LogP contribution in [0.1, 0.15) is 24.5 Å². The van der Waals surface area contributed by atoms with Crippen LogP contribution in [-0.2, 0) is 0 Å². The van der Waals surface area contributed by atoms with E-state index in [1.54, 1.807) is 0 Å². The molecule has 2 heterocycles. The van der Waals surface area contributed by atoms with Gasteiger partial charge in [0.15, 0.2) is 11.6 Å². The Balaban J connectivity index is 1.54. The molecule has 28 heavy (non-hydrogen) atoms. The van der Waals surface area contributed by atoms with E-state index >= 15 is 0 Å². The van der Waals surface area contributed by atoms with Crippen molar-refractivity contribution in [2.24, 2.45) is 23.5 Å². The van der Waals surface area contributed by atoms with Crippen molar-refractivity contribution in [2.75, 3.05) is 22.9 Å². The monoisotopic (exact) mass is 401 g/mol. The summed E-state index contributed by atoms with van der Waals surface area (Å²) < 4.78 is 14.5. The molecule has 3 aliphatic rings. The van der Waals surface area contributed by atoms with Crippen LogP contribution in [0.4, 0.5) is 21.8 Å². The van der Waals surface area contributed by atoms with Gasteiger partial charge >= 0.3 is 0 Å². The molecule has 2 aliphatic carbocycles. The minimum absolute atomic E-state index is 0.0939. The highest BCUT2D eigenvalue weighted by molar-refractivity contribution is 7.99. The lowest BCUT2D eigenvalue weighted by molar-refractivity contribution is 0.203. The standard InChI is InChI=1S/C20H24FN5OS/c21-15-8-23-20-24-12-3-1-2-10(4-12)16(27)9-28-17-6-11-5-13(17)18(14(11)7-22)25-19(15)26-20/h1-4,8,11,13-14,16-18,27H,5-7,9,22H2,(H2,23,24,25,26)/t11-,13+,14-,16?,17+,18+/m0/s1. The number of nitrogens with one attached hydrogen (secondary N) is 2. The molecular formula is C20H24FN5OS. The van der Waals surface area contributed by atoms with Crippen molar-refractivity contribution in [3.05, 3.63) is 41.8 Å². The maximum absolute atomic E-state index is 14.5. The van der Waals surface area contributed by atoms with Crippen LogP contribution < -0.4 is 16.4 Å². The molecule has 2 saturated carbocycles. The number of halogens is 1. The molecule has 6 bridgehead atoms. The Morgan fingerprint density at radius 3 is 3.07 bits per heavy atom. The third-order valence-corrected chi connectivity index (χ3v) is 7.91. The number of aromatic nitrogens is 2. The van der Waals surface area contributed by atoms with Crippen LogP contribution in [0.3, 0.4) is 0 Å². The summed E-state index contributed by atoms with van der Waals surface area (Å²) in [7, 11) is 0. The molecule has 1 aromatic carbocycles. The van der Waals surface area contributed by atoms with E-state index in [0.717, 1.165) is 24.1 Å². The molecule has 148 valence electrons. The molecular weight excluding hydrogens is 377 g/mol. The molecule has 0 amide bonds. The zero-order chi connectivity index (χ0) is 19.3. The van der Waals surface area contributed by atoms with Gasteiger partial charge in [0.05, 0.1) is 12.3 Å². The Morgan fingerprint density at radius 2 is 2.21 bits per heavy atom. The lowest BCUT2D eigenvalue weighted by Gasteiger charge is -2.36. The number of nitrogens with zero attached hydrogens (tertiary/aromatic N) is 2. The third-order valence-electron chi connectivity index (χ3n) is 6.43. The summed E-state index contributed by atoms with van der Waals surface area (Å²) >= 11 is 1.82. The number of fused-ring (bicyclic) bond motifs is 5. The van der Waals surface area contributed by atoms with E-state index in [4.69, 9.17) is 5.73 Å². The summed E-state index contributed by atoms with van der Waals surface area (Å²) in [5.41, 5.74) is 7.69. The summed E-state index contributed by atoms with van der Waals surface area (Å²) in [6.45, 7) is 0.585. The highest BCUT2D eigenvalue weighted by Crippen LogP contribution is 2.53. The number of nitrogens with two attached hydrogens (primary N) is 1. The summed E-state index contributed by atoms with van der Waals surface area (Å²) in [5, 5.41) is 17.6. The molecule has 2 fully saturated rings. The topological polar surface area (TPSA) is 96.1 Å². The maximum Gasteiger partial charge on any atom is 0.229 e. The van der Waals surface area contributed by atoms with Crippen LogP contribution in [-0.4, -0.2) is 38.7 Å². The molecule has 5 N–H and O–H groups in total. The van der Waals surface area contributed by atoms with Crippen molar-refractivity contribution in [3.63, 3.8) is 0 Å². The summed E-state index contributed by atoms with van der Waals surface area (Å²) in [5.74, 6) is 2.00. The van der Waals surface area contributed by atoms with E-state index in [1.807, 2.05) is 36.0 Å². The number of hydrogen-bond donors (Lipinski definition) is 4. The van der Waals surface area contributed by atoms with Gasteiger partial charge in [0.2, 0.25) is 5.95 Å². The average molecular weight is 402 g/mol.